The Hall–Kier alpha value is -2.68. The SMILES string of the molecule is CCCCCC(=O)NN1C(=S)N(C)C(=O)C1CC(=O)Nc1ccc(OCCC)cc1. The van der Waals surface area contributed by atoms with Crippen LogP contribution in [-0.2, 0) is 14.4 Å². The van der Waals surface area contributed by atoms with Gasteiger partial charge in [0, 0.05) is 19.2 Å². The van der Waals surface area contributed by atoms with Gasteiger partial charge in [-0.3, -0.25) is 24.7 Å². The Kier molecular flexibility index (Phi) is 9.04. The van der Waals surface area contributed by atoms with Crippen molar-refractivity contribution in [3.63, 3.8) is 0 Å². The Bertz CT molecular complexity index is 769. The van der Waals surface area contributed by atoms with Crippen molar-refractivity contribution in [2.24, 2.45) is 0 Å². The average Bonchev–Trinajstić information content (AvgIpc) is 2.92. The summed E-state index contributed by atoms with van der Waals surface area (Å²) < 4.78 is 5.52. The third kappa shape index (κ3) is 6.41. The molecule has 1 aliphatic rings. The van der Waals surface area contributed by atoms with Gasteiger partial charge in [0.25, 0.3) is 5.91 Å². The van der Waals surface area contributed by atoms with Gasteiger partial charge in [-0.1, -0.05) is 26.7 Å². The first-order valence-corrected chi connectivity index (χ1v) is 10.7. The van der Waals surface area contributed by atoms with Gasteiger partial charge in [-0.05, 0) is 49.3 Å². The molecule has 1 saturated heterocycles. The van der Waals surface area contributed by atoms with E-state index in [1.165, 1.54) is 17.0 Å². The molecule has 8 nitrogen and oxygen atoms in total. The number of hydrazine groups is 1. The highest BCUT2D eigenvalue weighted by Gasteiger charge is 2.42. The van der Waals surface area contributed by atoms with E-state index >= 15 is 0 Å². The lowest BCUT2D eigenvalue weighted by Gasteiger charge is -2.24. The van der Waals surface area contributed by atoms with Crippen LogP contribution in [0, 0.1) is 0 Å². The first-order valence-electron chi connectivity index (χ1n) is 10.3. The van der Waals surface area contributed by atoms with E-state index < -0.39 is 6.04 Å². The van der Waals surface area contributed by atoms with Crippen LogP contribution in [-0.4, -0.2) is 52.4 Å². The molecule has 0 spiro atoms. The molecule has 1 unspecified atom stereocenters. The van der Waals surface area contributed by atoms with Gasteiger partial charge in [-0.2, -0.15) is 0 Å². The molecule has 164 valence electrons. The zero-order valence-electron chi connectivity index (χ0n) is 17.8. The molecule has 2 N–H and O–H groups in total. The number of hydrogen-bond acceptors (Lipinski definition) is 5. The fourth-order valence-corrected chi connectivity index (χ4v) is 3.26. The Labute approximate surface area is 182 Å². The van der Waals surface area contributed by atoms with Crippen LogP contribution in [0.3, 0.4) is 0 Å². The number of benzene rings is 1. The minimum atomic E-state index is -0.871. The van der Waals surface area contributed by atoms with E-state index in [2.05, 4.69) is 17.7 Å². The van der Waals surface area contributed by atoms with E-state index in [0.717, 1.165) is 31.4 Å². The summed E-state index contributed by atoms with van der Waals surface area (Å²) in [5.41, 5.74) is 3.29. The van der Waals surface area contributed by atoms with Gasteiger partial charge in [0.05, 0.1) is 13.0 Å². The van der Waals surface area contributed by atoms with Crippen LogP contribution in [0.4, 0.5) is 5.69 Å². The second kappa shape index (κ2) is 11.5. The van der Waals surface area contributed by atoms with E-state index in [-0.39, 0.29) is 29.3 Å². The normalized spacial score (nSPS) is 16.0. The number of rotatable bonds is 11. The van der Waals surface area contributed by atoms with Crippen LogP contribution in [0.2, 0.25) is 0 Å². The molecule has 2 rings (SSSR count). The van der Waals surface area contributed by atoms with E-state index in [1.807, 2.05) is 6.92 Å². The molecule has 0 aromatic heterocycles. The second-order valence-corrected chi connectivity index (χ2v) is 7.55. The highest BCUT2D eigenvalue weighted by atomic mass is 32.1. The number of nitrogens with zero attached hydrogens (tertiary/aromatic N) is 2. The van der Waals surface area contributed by atoms with Gasteiger partial charge >= 0.3 is 0 Å². The molecule has 3 amide bonds. The van der Waals surface area contributed by atoms with Crippen molar-refractivity contribution in [1.29, 1.82) is 0 Å². The number of thiocarbonyl (C=S) groups is 1. The quantitative estimate of drug-likeness (QED) is 0.411. The molecule has 0 bridgehead atoms. The number of ether oxygens (including phenoxy) is 1. The predicted molar refractivity (Wildman–Crippen MR) is 119 cm³/mol. The first-order chi connectivity index (χ1) is 14.4. The molecule has 1 atom stereocenters. The summed E-state index contributed by atoms with van der Waals surface area (Å²) in [6, 6.07) is 6.16. The molecule has 0 radical (unpaired) electrons. The average molecular weight is 435 g/mol. The fourth-order valence-electron chi connectivity index (χ4n) is 3.00. The predicted octanol–water partition coefficient (Wildman–Crippen LogP) is 2.84. The zero-order chi connectivity index (χ0) is 22.1. The number of likely N-dealkylation sites (N-methyl/N-ethyl adjacent to an activating group) is 1. The standard InChI is InChI=1S/C21H30N4O4S/c1-4-6-7-8-18(26)23-25-17(20(28)24(3)21(25)30)14-19(27)22-15-9-11-16(12-10-15)29-13-5-2/h9-12,17H,4-8,13-14H2,1-3H3,(H,22,27)(H,23,26). The van der Waals surface area contributed by atoms with Crippen LogP contribution in [0.1, 0.15) is 52.4 Å². The Morgan fingerprint density at radius 1 is 1.10 bits per heavy atom. The summed E-state index contributed by atoms with van der Waals surface area (Å²) in [4.78, 5) is 38.6. The Balaban J connectivity index is 1.97. The van der Waals surface area contributed by atoms with E-state index in [1.54, 1.807) is 24.3 Å². The van der Waals surface area contributed by atoms with Crippen molar-refractivity contribution in [2.75, 3.05) is 19.0 Å². The van der Waals surface area contributed by atoms with Crippen molar-refractivity contribution in [3.05, 3.63) is 24.3 Å². The lowest BCUT2D eigenvalue weighted by atomic mass is 10.2. The summed E-state index contributed by atoms with van der Waals surface area (Å²) in [5.74, 6) is -0.169. The minimum Gasteiger partial charge on any atom is -0.494 e. The van der Waals surface area contributed by atoms with E-state index in [4.69, 9.17) is 17.0 Å². The minimum absolute atomic E-state index is 0.132. The molecule has 0 saturated carbocycles. The van der Waals surface area contributed by atoms with Gasteiger partial charge in [0.15, 0.2) is 5.11 Å². The molecular formula is C21H30N4O4S. The molecule has 9 heteroatoms. The molecule has 1 heterocycles. The second-order valence-electron chi connectivity index (χ2n) is 7.18. The number of unbranched alkanes of at least 4 members (excludes halogenated alkanes) is 2. The maximum atomic E-state index is 12.5. The monoisotopic (exact) mass is 434 g/mol. The van der Waals surface area contributed by atoms with Crippen molar-refractivity contribution in [1.82, 2.24) is 15.3 Å². The summed E-state index contributed by atoms with van der Waals surface area (Å²) in [6.45, 7) is 4.71. The maximum absolute atomic E-state index is 12.5. The number of hydrogen-bond donors (Lipinski definition) is 2. The molecule has 0 aliphatic carbocycles. The van der Waals surface area contributed by atoms with Crippen molar-refractivity contribution in [2.45, 2.75) is 58.4 Å². The number of nitrogens with one attached hydrogen (secondary N) is 2. The third-order valence-corrected chi connectivity index (χ3v) is 5.13. The van der Waals surface area contributed by atoms with Crippen LogP contribution >= 0.6 is 12.2 Å². The lowest BCUT2D eigenvalue weighted by molar-refractivity contribution is -0.132. The van der Waals surface area contributed by atoms with Crippen molar-refractivity contribution < 1.29 is 19.1 Å². The zero-order valence-corrected chi connectivity index (χ0v) is 18.6. The summed E-state index contributed by atoms with van der Waals surface area (Å²) in [5, 5.41) is 4.28. The largest absolute Gasteiger partial charge is 0.494 e. The Morgan fingerprint density at radius 2 is 1.80 bits per heavy atom. The first kappa shape index (κ1) is 23.6. The molecule has 1 aromatic rings. The van der Waals surface area contributed by atoms with Crippen molar-refractivity contribution in [3.8, 4) is 5.75 Å². The summed E-state index contributed by atoms with van der Waals surface area (Å²) in [7, 11) is 1.54. The van der Waals surface area contributed by atoms with Gasteiger partial charge in [0.1, 0.15) is 11.8 Å². The molecule has 1 fully saturated rings. The lowest BCUT2D eigenvalue weighted by Crippen LogP contribution is -2.49. The Morgan fingerprint density at radius 3 is 2.43 bits per heavy atom. The topological polar surface area (TPSA) is 91.0 Å². The van der Waals surface area contributed by atoms with Crippen LogP contribution in [0.15, 0.2) is 24.3 Å². The number of amides is 3. The number of carbonyl (C=O) groups excluding carboxylic acids is 3. The van der Waals surface area contributed by atoms with Gasteiger partial charge in [0.2, 0.25) is 11.8 Å². The van der Waals surface area contributed by atoms with Crippen molar-refractivity contribution >= 4 is 40.7 Å². The smallest absolute Gasteiger partial charge is 0.253 e. The number of anilines is 1. The van der Waals surface area contributed by atoms with E-state index in [0.29, 0.717) is 18.7 Å². The van der Waals surface area contributed by atoms with Gasteiger partial charge < -0.3 is 10.1 Å². The molecule has 1 aliphatic heterocycles. The van der Waals surface area contributed by atoms with Gasteiger partial charge in [-0.15, -0.1) is 0 Å². The third-order valence-electron chi connectivity index (χ3n) is 4.66. The van der Waals surface area contributed by atoms with E-state index in [9.17, 15) is 14.4 Å². The van der Waals surface area contributed by atoms with Gasteiger partial charge in [-0.25, -0.2) is 5.01 Å². The van der Waals surface area contributed by atoms with Crippen LogP contribution in [0.25, 0.3) is 0 Å². The highest BCUT2D eigenvalue weighted by molar-refractivity contribution is 7.80. The van der Waals surface area contributed by atoms with Crippen LogP contribution in [0.5, 0.6) is 5.75 Å². The fraction of sp³-hybridized carbons (Fsp3) is 0.524. The van der Waals surface area contributed by atoms with Crippen LogP contribution < -0.4 is 15.5 Å². The molecule has 1 aromatic carbocycles. The summed E-state index contributed by atoms with van der Waals surface area (Å²) in [6.07, 6.45) is 3.84. The number of carbonyl (C=O) groups is 3. The summed E-state index contributed by atoms with van der Waals surface area (Å²) >= 11 is 5.27. The molecular weight excluding hydrogens is 404 g/mol. The molecule has 30 heavy (non-hydrogen) atoms. The maximum Gasteiger partial charge on any atom is 0.253 e. The highest BCUT2D eigenvalue weighted by Crippen LogP contribution is 2.20.